The summed E-state index contributed by atoms with van der Waals surface area (Å²) >= 11 is 1.13. The zero-order valence-electron chi connectivity index (χ0n) is 16.9. The maximum atomic E-state index is 13.1. The molecule has 8 nitrogen and oxygen atoms in total. The van der Waals surface area contributed by atoms with E-state index in [2.05, 4.69) is 15.6 Å². The van der Waals surface area contributed by atoms with E-state index in [1.54, 1.807) is 16.3 Å². The summed E-state index contributed by atoms with van der Waals surface area (Å²) < 4.78 is 39.3. The number of halogens is 3. The van der Waals surface area contributed by atoms with E-state index in [-0.39, 0.29) is 24.1 Å². The van der Waals surface area contributed by atoms with Crippen LogP contribution >= 0.6 is 11.3 Å². The van der Waals surface area contributed by atoms with Gasteiger partial charge in [-0.3, -0.25) is 5.32 Å². The van der Waals surface area contributed by atoms with E-state index in [1.165, 1.54) is 12.1 Å². The molecule has 1 atom stereocenters. The molecule has 1 fully saturated rings. The smallest absolute Gasteiger partial charge is 0.418 e. The van der Waals surface area contributed by atoms with Gasteiger partial charge in [-0.15, -0.1) is 11.3 Å². The molecule has 3 rings (SSSR count). The second-order valence-electron chi connectivity index (χ2n) is 7.49. The molecule has 1 aromatic heterocycles. The van der Waals surface area contributed by atoms with Gasteiger partial charge >= 0.3 is 18.2 Å². The van der Waals surface area contributed by atoms with Gasteiger partial charge in [0.2, 0.25) is 0 Å². The lowest BCUT2D eigenvalue weighted by atomic mass is 9.96. The summed E-state index contributed by atoms with van der Waals surface area (Å²) in [4.78, 5) is 28.9. The third-order valence-electron chi connectivity index (χ3n) is 5.17. The zero-order chi connectivity index (χ0) is 23.3. The molecule has 0 saturated carbocycles. The second-order valence-corrected chi connectivity index (χ2v) is 8.35. The minimum Gasteiger partial charge on any atom is -0.479 e. The minimum atomic E-state index is -4.42. The molecule has 1 aliphatic heterocycles. The fourth-order valence-electron chi connectivity index (χ4n) is 3.39. The number of likely N-dealkylation sites (tertiary alicyclic amines) is 1. The Balaban J connectivity index is 1.45. The molecule has 2 amide bonds. The van der Waals surface area contributed by atoms with Gasteiger partial charge in [0, 0.05) is 37.1 Å². The zero-order valence-corrected chi connectivity index (χ0v) is 17.7. The average Bonchev–Trinajstić information content (AvgIpc) is 3.18. The normalized spacial score (nSPS) is 15.9. The lowest BCUT2D eigenvalue weighted by molar-refractivity contribution is -0.146. The number of carbonyl (C=O) groups excluding carboxylic acids is 1. The van der Waals surface area contributed by atoms with Crippen LogP contribution in [-0.4, -0.2) is 57.8 Å². The highest BCUT2D eigenvalue weighted by molar-refractivity contribution is 7.13. The van der Waals surface area contributed by atoms with Crippen molar-refractivity contribution >= 4 is 34.2 Å². The van der Waals surface area contributed by atoms with E-state index in [4.69, 9.17) is 5.11 Å². The first-order valence-corrected chi connectivity index (χ1v) is 10.8. The number of hydrogen-bond acceptors (Lipinski definition) is 6. The number of carboxylic acid groups (broad SMARTS) is 1. The van der Waals surface area contributed by atoms with Crippen molar-refractivity contribution in [1.82, 2.24) is 9.88 Å². The van der Waals surface area contributed by atoms with Crippen LogP contribution in [0.2, 0.25) is 0 Å². The first-order valence-electron chi connectivity index (χ1n) is 9.94. The maximum Gasteiger partial charge on any atom is 0.418 e. The van der Waals surface area contributed by atoms with E-state index in [0.29, 0.717) is 43.3 Å². The number of aromatic nitrogens is 1. The van der Waals surface area contributed by atoms with Gasteiger partial charge in [0.15, 0.2) is 11.2 Å². The molecule has 2 heterocycles. The Morgan fingerprint density at radius 2 is 1.94 bits per heavy atom. The molecule has 174 valence electrons. The quantitative estimate of drug-likeness (QED) is 0.490. The number of piperidine rings is 1. The van der Waals surface area contributed by atoms with Crippen LogP contribution < -0.4 is 10.6 Å². The molecule has 1 saturated heterocycles. The number of urea groups is 1. The Hall–Kier alpha value is -2.86. The highest BCUT2D eigenvalue weighted by Crippen LogP contribution is 2.34. The summed E-state index contributed by atoms with van der Waals surface area (Å²) in [6.45, 7) is 1.29. The Morgan fingerprint density at radius 1 is 1.25 bits per heavy atom. The summed E-state index contributed by atoms with van der Waals surface area (Å²) in [5, 5.41) is 25.5. The van der Waals surface area contributed by atoms with Gasteiger partial charge in [-0.2, -0.15) is 13.2 Å². The highest BCUT2D eigenvalue weighted by Gasteiger charge is 2.33. The third-order valence-corrected chi connectivity index (χ3v) is 5.98. The number of alkyl halides is 3. The van der Waals surface area contributed by atoms with Crippen molar-refractivity contribution in [2.75, 3.05) is 30.3 Å². The standard InChI is InChI=1S/C20H23F3N4O4S/c21-20(22,23)14-3-1-2-4-15(14)24-10-12-5-7-27(8-6-12)19(31)26-18-25-13(11-32-18)9-16(28)17(29)30/h1-4,11-12,16,24,28H,5-10H2,(H,29,30)(H,25,26,31). The molecule has 0 bridgehead atoms. The highest BCUT2D eigenvalue weighted by atomic mass is 32.1. The molecule has 2 aromatic rings. The number of nitrogens with zero attached hydrogens (tertiary/aromatic N) is 2. The van der Waals surface area contributed by atoms with Crippen molar-refractivity contribution in [2.45, 2.75) is 31.5 Å². The minimum absolute atomic E-state index is 0.0489. The topological polar surface area (TPSA) is 115 Å². The largest absolute Gasteiger partial charge is 0.479 e. The number of hydrogen-bond donors (Lipinski definition) is 4. The van der Waals surface area contributed by atoms with Crippen LogP contribution in [0.15, 0.2) is 29.6 Å². The SMILES string of the molecule is O=C(O)C(O)Cc1csc(NC(=O)N2CCC(CNc3ccccc3C(F)(F)F)CC2)n1. The van der Waals surface area contributed by atoms with Gasteiger partial charge in [0.1, 0.15) is 0 Å². The molecule has 0 radical (unpaired) electrons. The average molecular weight is 472 g/mol. The number of aliphatic hydroxyl groups is 1. The van der Waals surface area contributed by atoms with Gasteiger partial charge in [0.05, 0.1) is 11.3 Å². The van der Waals surface area contributed by atoms with E-state index < -0.39 is 23.8 Å². The molecular formula is C20H23F3N4O4S. The fourth-order valence-corrected chi connectivity index (χ4v) is 4.11. The number of amides is 2. The molecule has 1 aliphatic rings. The Morgan fingerprint density at radius 3 is 2.59 bits per heavy atom. The number of aliphatic carboxylic acids is 1. The fraction of sp³-hybridized carbons (Fsp3) is 0.450. The molecule has 0 aliphatic carbocycles. The molecule has 32 heavy (non-hydrogen) atoms. The van der Waals surface area contributed by atoms with E-state index in [1.807, 2.05) is 0 Å². The van der Waals surface area contributed by atoms with Crippen molar-refractivity contribution in [2.24, 2.45) is 5.92 Å². The van der Waals surface area contributed by atoms with Crippen molar-refractivity contribution < 1.29 is 33.0 Å². The summed E-state index contributed by atoms with van der Waals surface area (Å²) in [7, 11) is 0. The van der Waals surface area contributed by atoms with Crippen LogP contribution in [0.1, 0.15) is 24.1 Å². The molecule has 4 N–H and O–H groups in total. The predicted octanol–water partition coefficient (Wildman–Crippen LogP) is 3.51. The van der Waals surface area contributed by atoms with Crippen LogP contribution in [0.5, 0.6) is 0 Å². The van der Waals surface area contributed by atoms with Gasteiger partial charge < -0.3 is 20.4 Å². The third kappa shape index (κ3) is 6.33. The number of nitrogens with one attached hydrogen (secondary N) is 2. The number of anilines is 2. The summed E-state index contributed by atoms with van der Waals surface area (Å²) in [6, 6.07) is 5.01. The summed E-state index contributed by atoms with van der Waals surface area (Å²) in [5.41, 5.74) is -0.285. The maximum absolute atomic E-state index is 13.1. The second kappa shape index (κ2) is 10.2. The molecule has 0 spiro atoms. The van der Waals surface area contributed by atoms with Crippen molar-refractivity contribution in [3.8, 4) is 0 Å². The first-order chi connectivity index (χ1) is 15.1. The Labute approximate surface area is 186 Å². The van der Waals surface area contributed by atoms with Crippen LogP contribution in [0.25, 0.3) is 0 Å². The number of aliphatic hydroxyl groups excluding tert-OH is 1. The number of carboxylic acids is 1. The molecule has 1 aromatic carbocycles. The van der Waals surface area contributed by atoms with Crippen LogP contribution in [0.3, 0.4) is 0 Å². The number of thiazole rings is 1. The van der Waals surface area contributed by atoms with Crippen LogP contribution in [-0.2, 0) is 17.4 Å². The van der Waals surface area contributed by atoms with Crippen LogP contribution in [0.4, 0.5) is 28.8 Å². The van der Waals surface area contributed by atoms with Gasteiger partial charge in [0.25, 0.3) is 0 Å². The summed E-state index contributed by atoms with van der Waals surface area (Å²) in [5.74, 6) is -1.22. The van der Waals surface area contributed by atoms with Crippen molar-refractivity contribution in [1.29, 1.82) is 0 Å². The van der Waals surface area contributed by atoms with E-state index in [9.17, 15) is 27.9 Å². The molecule has 12 heteroatoms. The number of benzene rings is 1. The monoisotopic (exact) mass is 472 g/mol. The molecule has 1 unspecified atom stereocenters. The van der Waals surface area contributed by atoms with Crippen molar-refractivity contribution in [3.63, 3.8) is 0 Å². The summed E-state index contributed by atoms with van der Waals surface area (Å²) in [6.07, 6.45) is -4.86. The lowest BCUT2D eigenvalue weighted by Gasteiger charge is -2.32. The Kier molecular flexibility index (Phi) is 7.56. The number of para-hydroxylation sites is 1. The Bertz CT molecular complexity index is 945. The van der Waals surface area contributed by atoms with E-state index >= 15 is 0 Å². The lowest BCUT2D eigenvalue weighted by Crippen LogP contribution is -2.42. The predicted molar refractivity (Wildman–Crippen MR) is 113 cm³/mol. The molecular weight excluding hydrogens is 449 g/mol. The van der Waals surface area contributed by atoms with Gasteiger partial charge in [-0.05, 0) is 30.9 Å². The van der Waals surface area contributed by atoms with Crippen molar-refractivity contribution in [3.05, 3.63) is 40.9 Å². The van der Waals surface area contributed by atoms with Crippen LogP contribution in [0, 0.1) is 5.92 Å². The van der Waals surface area contributed by atoms with Gasteiger partial charge in [-0.25, -0.2) is 14.6 Å². The first kappa shape index (κ1) is 23.8. The number of rotatable bonds is 7. The van der Waals surface area contributed by atoms with E-state index in [0.717, 1.165) is 17.4 Å². The number of carbonyl (C=O) groups is 2. The van der Waals surface area contributed by atoms with Gasteiger partial charge in [-0.1, -0.05) is 12.1 Å².